The molecule has 0 fully saturated rings. The zero-order chi connectivity index (χ0) is 26.8. The van der Waals surface area contributed by atoms with Gasteiger partial charge >= 0.3 is 11.9 Å². The summed E-state index contributed by atoms with van der Waals surface area (Å²) < 4.78 is 10.4. The van der Waals surface area contributed by atoms with Crippen LogP contribution < -0.4 is 9.80 Å². The summed E-state index contributed by atoms with van der Waals surface area (Å²) in [7, 11) is 2.65. The molecule has 38 heavy (non-hydrogen) atoms. The second kappa shape index (κ2) is 10.4. The molecule has 0 amide bonds. The fourth-order valence-corrected chi connectivity index (χ4v) is 4.98. The lowest BCUT2D eigenvalue weighted by Crippen LogP contribution is -2.50. The van der Waals surface area contributed by atoms with Crippen LogP contribution in [0, 0.1) is 13.8 Å². The van der Waals surface area contributed by atoms with Crippen molar-refractivity contribution < 1.29 is 19.1 Å². The van der Waals surface area contributed by atoms with E-state index < -0.39 is 18.1 Å². The second-order valence-corrected chi connectivity index (χ2v) is 9.46. The Balaban J connectivity index is 1.82. The van der Waals surface area contributed by atoms with Crippen molar-refractivity contribution in [2.75, 3.05) is 30.6 Å². The van der Waals surface area contributed by atoms with Crippen LogP contribution in [0.2, 0.25) is 0 Å². The number of fused-ring (bicyclic) bond motifs is 1. The fourth-order valence-electron chi connectivity index (χ4n) is 4.98. The van der Waals surface area contributed by atoms with E-state index in [1.807, 2.05) is 79.4 Å². The van der Waals surface area contributed by atoms with Gasteiger partial charge in [-0.05, 0) is 60.5 Å². The number of methoxy groups -OCH3 is 2. The van der Waals surface area contributed by atoms with Gasteiger partial charge in [0, 0.05) is 11.4 Å². The number of aryl methyl sites for hydroxylation is 2. The summed E-state index contributed by atoms with van der Waals surface area (Å²) >= 11 is 0. The summed E-state index contributed by atoms with van der Waals surface area (Å²) in [6, 6.07) is 30.5. The average molecular weight is 507 g/mol. The van der Waals surface area contributed by atoms with Crippen LogP contribution in [0.3, 0.4) is 0 Å². The van der Waals surface area contributed by atoms with E-state index in [0.717, 1.165) is 38.8 Å². The van der Waals surface area contributed by atoms with Gasteiger partial charge in [0.1, 0.15) is 11.9 Å². The Kier molecular flexibility index (Phi) is 6.88. The van der Waals surface area contributed by atoms with Crippen molar-refractivity contribution in [3.8, 4) is 0 Å². The summed E-state index contributed by atoms with van der Waals surface area (Å²) in [5.74, 6) is -1.17. The van der Waals surface area contributed by atoms with Gasteiger partial charge < -0.3 is 19.3 Å². The summed E-state index contributed by atoms with van der Waals surface area (Å²) in [6.45, 7) is 4.21. The minimum Gasteiger partial charge on any atom is -0.466 e. The Morgan fingerprint density at radius 2 is 1.29 bits per heavy atom. The molecule has 1 heterocycles. The SMILES string of the molecule is COC(=O)C1=C(C(=O)OC)N(c2ccc(C)cc2)C(c2ccc3ccccc3c2)N(c2ccc(C)cc2)C1. The van der Waals surface area contributed by atoms with Crippen LogP contribution in [-0.4, -0.2) is 32.7 Å². The molecule has 0 radical (unpaired) electrons. The van der Waals surface area contributed by atoms with E-state index in [0.29, 0.717) is 0 Å². The molecule has 1 unspecified atom stereocenters. The molecule has 1 atom stereocenters. The zero-order valence-electron chi connectivity index (χ0n) is 22.0. The number of esters is 2. The van der Waals surface area contributed by atoms with Crippen molar-refractivity contribution in [3.05, 3.63) is 119 Å². The normalized spacial score (nSPS) is 15.5. The maximum absolute atomic E-state index is 13.4. The number of carbonyl (C=O) groups is 2. The third-order valence-electron chi connectivity index (χ3n) is 6.95. The predicted molar refractivity (Wildman–Crippen MR) is 150 cm³/mol. The first-order valence-corrected chi connectivity index (χ1v) is 12.5. The predicted octanol–water partition coefficient (Wildman–Crippen LogP) is 6.08. The zero-order valence-corrected chi connectivity index (χ0v) is 22.0. The molecule has 1 aliphatic rings. The van der Waals surface area contributed by atoms with Gasteiger partial charge in [0.05, 0.1) is 26.3 Å². The molecule has 0 N–H and O–H groups in total. The summed E-state index contributed by atoms with van der Waals surface area (Å²) in [5.41, 5.74) is 5.25. The van der Waals surface area contributed by atoms with Crippen LogP contribution in [0.4, 0.5) is 11.4 Å². The molecule has 0 aliphatic carbocycles. The van der Waals surface area contributed by atoms with E-state index >= 15 is 0 Å². The van der Waals surface area contributed by atoms with Crippen LogP contribution >= 0.6 is 0 Å². The maximum atomic E-state index is 13.4. The molecule has 0 bridgehead atoms. The van der Waals surface area contributed by atoms with Gasteiger partial charge in [0.25, 0.3) is 0 Å². The lowest BCUT2D eigenvalue weighted by molar-refractivity contribution is -0.139. The lowest BCUT2D eigenvalue weighted by Gasteiger charge is -2.47. The monoisotopic (exact) mass is 506 g/mol. The molecule has 6 heteroatoms. The molecule has 5 rings (SSSR count). The Labute approximate surface area is 222 Å². The minimum atomic E-state index is -0.597. The fraction of sp³-hybridized carbons (Fsp3) is 0.188. The van der Waals surface area contributed by atoms with Crippen molar-refractivity contribution in [2.24, 2.45) is 0 Å². The standard InChI is InChI=1S/C32H30N2O4/c1-21-9-15-26(16-10-21)33-20-28(31(35)37-3)29(32(36)38-4)34(27-17-11-22(2)12-18-27)30(33)25-14-13-23-7-5-6-8-24(23)19-25/h5-19,30H,20H2,1-4H3. The quantitative estimate of drug-likeness (QED) is 0.306. The molecule has 0 aromatic heterocycles. The molecule has 1 aliphatic heterocycles. The van der Waals surface area contributed by atoms with Gasteiger partial charge in [-0.15, -0.1) is 0 Å². The van der Waals surface area contributed by atoms with E-state index in [1.165, 1.54) is 14.2 Å². The first-order chi connectivity index (χ1) is 18.4. The smallest absolute Gasteiger partial charge is 0.355 e. The Bertz CT molecular complexity index is 1520. The number of rotatable bonds is 5. The topological polar surface area (TPSA) is 59.1 Å². The lowest BCUT2D eigenvalue weighted by atomic mass is 9.97. The number of nitrogens with zero attached hydrogens (tertiary/aromatic N) is 2. The highest BCUT2D eigenvalue weighted by Gasteiger charge is 2.42. The minimum absolute atomic E-state index is 0.167. The highest BCUT2D eigenvalue weighted by Crippen LogP contribution is 2.42. The third-order valence-corrected chi connectivity index (χ3v) is 6.95. The van der Waals surface area contributed by atoms with Gasteiger partial charge in [-0.1, -0.05) is 71.8 Å². The summed E-state index contributed by atoms with van der Waals surface area (Å²) in [4.78, 5) is 30.5. The molecule has 4 aromatic rings. The number of carbonyl (C=O) groups excluding carboxylic acids is 2. The van der Waals surface area contributed by atoms with Gasteiger partial charge in [0.2, 0.25) is 0 Å². The van der Waals surface area contributed by atoms with Crippen LogP contribution in [-0.2, 0) is 19.1 Å². The second-order valence-electron chi connectivity index (χ2n) is 9.46. The Morgan fingerprint density at radius 1 is 0.711 bits per heavy atom. The Morgan fingerprint density at radius 3 is 1.89 bits per heavy atom. The summed E-state index contributed by atoms with van der Waals surface area (Å²) in [5, 5.41) is 2.20. The first kappa shape index (κ1) is 25.1. The van der Waals surface area contributed by atoms with Crippen LogP contribution in [0.15, 0.2) is 102 Å². The van der Waals surface area contributed by atoms with Crippen LogP contribution in [0.25, 0.3) is 10.8 Å². The van der Waals surface area contributed by atoms with Crippen molar-refractivity contribution in [2.45, 2.75) is 20.0 Å². The number of hydrogen-bond acceptors (Lipinski definition) is 6. The number of benzene rings is 4. The molecule has 0 saturated carbocycles. The maximum Gasteiger partial charge on any atom is 0.355 e. The van der Waals surface area contributed by atoms with Gasteiger partial charge in [-0.3, -0.25) is 0 Å². The van der Waals surface area contributed by atoms with E-state index in [4.69, 9.17) is 9.47 Å². The third kappa shape index (κ3) is 4.61. The highest BCUT2D eigenvalue weighted by atomic mass is 16.5. The van der Waals surface area contributed by atoms with Crippen molar-refractivity contribution in [1.82, 2.24) is 0 Å². The Hall–Kier alpha value is -4.58. The number of hydrogen-bond donors (Lipinski definition) is 0. The van der Waals surface area contributed by atoms with Gasteiger partial charge in [0.15, 0.2) is 0 Å². The molecule has 6 nitrogen and oxygen atoms in total. The van der Waals surface area contributed by atoms with E-state index in [2.05, 4.69) is 35.2 Å². The first-order valence-electron chi connectivity index (χ1n) is 12.5. The van der Waals surface area contributed by atoms with Crippen LogP contribution in [0.1, 0.15) is 22.9 Å². The molecular weight excluding hydrogens is 476 g/mol. The van der Waals surface area contributed by atoms with Crippen molar-refractivity contribution in [3.63, 3.8) is 0 Å². The van der Waals surface area contributed by atoms with E-state index in [1.54, 1.807) is 0 Å². The number of ether oxygens (including phenoxy) is 2. The van der Waals surface area contributed by atoms with Crippen LogP contribution in [0.5, 0.6) is 0 Å². The molecule has 4 aromatic carbocycles. The van der Waals surface area contributed by atoms with E-state index in [9.17, 15) is 9.59 Å². The average Bonchev–Trinajstić information content (AvgIpc) is 2.96. The summed E-state index contributed by atoms with van der Waals surface area (Å²) in [6.07, 6.45) is -0.451. The molecule has 0 saturated heterocycles. The van der Waals surface area contributed by atoms with Gasteiger partial charge in [-0.2, -0.15) is 0 Å². The van der Waals surface area contributed by atoms with Gasteiger partial charge in [-0.25, -0.2) is 9.59 Å². The number of anilines is 2. The largest absolute Gasteiger partial charge is 0.466 e. The molecule has 0 spiro atoms. The molecule has 192 valence electrons. The van der Waals surface area contributed by atoms with Crippen molar-refractivity contribution >= 4 is 34.1 Å². The molecular formula is C32H30N2O4. The highest BCUT2D eigenvalue weighted by molar-refractivity contribution is 6.04. The van der Waals surface area contributed by atoms with E-state index in [-0.39, 0.29) is 17.8 Å². The van der Waals surface area contributed by atoms with Crippen molar-refractivity contribution in [1.29, 1.82) is 0 Å².